The van der Waals surface area contributed by atoms with Gasteiger partial charge in [-0.15, -0.1) is 0 Å². The standard InChI is InChI=1S/C14H21N3O2/c1-2-19-11-4-3-7-17(9-11)13-8-10(15)5-6-12(13)14(16)18/h5-6,8,11H,2-4,7,9,15H2,1H3,(H2,16,18). The van der Waals surface area contributed by atoms with Crippen molar-refractivity contribution in [1.29, 1.82) is 0 Å². The first-order chi connectivity index (χ1) is 9.11. The van der Waals surface area contributed by atoms with E-state index in [2.05, 4.69) is 4.90 Å². The third kappa shape index (κ3) is 3.17. The molecule has 1 atom stereocenters. The number of anilines is 2. The van der Waals surface area contributed by atoms with Gasteiger partial charge in [-0.25, -0.2) is 0 Å². The van der Waals surface area contributed by atoms with Gasteiger partial charge in [-0.1, -0.05) is 0 Å². The van der Waals surface area contributed by atoms with Crippen LogP contribution in [0.4, 0.5) is 11.4 Å². The van der Waals surface area contributed by atoms with Crippen molar-refractivity contribution in [3.05, 3.63) is 23.8 Å². The third-order valence-electron chi connectivity index (χ3n) is 3.41. The number of hydrogen-bond donors (Lipinski definition) is 2. The van der Waals surface area contributed by atoms with Crippen LogP contribution in [0, 0.1) is 0 Å². The summed E-state index contributed by atoms with van der Waals surface area (Å²) in [7, 11) is 0. The smallest absolute Gasteiger partial charge is 0.250 e. The summed E-state index contributed by atoms with van der Waals surface area (Å²) in [6, 6.07) is 5.21. The lowest BCUT2D eigenvalue weighted by Crippen LogP contribution is -2.40. The summed E-state index contributed by atoms with van der Waals surface area (Å²) in [5.41, 5.74) is 13.2. The molecule has 0 aliphatic carbocycles. The van der Waals surface area contributed by atoms with Gasteiger partial charge in [-0.3, -0.25) is 4.79 Å². The van der Waals surface area contributed by atoms with Crippen molar-refractivity contribution in [3.63, 3.8) is 0 Å². The van der Waals surface area contributed by atoms with E-state index in [0.29, 0.717) is 17.9 Å². The van der Waals surface area contributed by atoms with E-state index in [-0.39, 0.29) is 6.10 Å². The molecule has 0 radical (unpaired) electrons. The van der Waals surface area contributed by atoms with Crippen molar-refractivity contribution in [2.75, 3.05) is 30.3 Å². The first-order valence-electron chi connectivity index (χ1n) is 6.67. The number of ether oxygens (including phenoxy) is 1. The van der Waals surface area contributed by atoms with E-state index < -0.39 is 5.91 Å². The number of nitrogens with two attached hydrogens (primary N) is 2. The van der Waals surface area contributed by atoms with Gasteiger partial charge < -0.3 is 21.1 Å². The first-order valence-corrected chi connectivity index (χ1v) is 6.67. The van der Waals surface area contributed by atoms with Gasteiger partial charge in [0.2, 0.25) is 0 Å². The van der Waals surface area contributed by atoms with Gasteiger partial charge in [-0.05, 0) is 38.0 Å². The minimum atomic E-state index is -0.423. The molecule has 5 heteroatoms. The summed E-state index contributed by atoms with van der Waals surface area (Å²) in [6.07, 6.45) is 2.30. The monoisotopic (exact) mass is 263 g/mol. The Kier molecular flexibility index (Phi) is 4.27. The molecule has 1 aliphatic heterocycles. The predicted molar refractivity (Wildman–Crippen MR) is 76.2 cm³/mol. The number of rotatable bonds is 4. The molecular weight excluding hydrogens is 242 g/mol. The number of hydrogen-bond acceptors (Lipinski definition) is 4. The van der Waals surface area contributed by atoms with Crippen LogP contribution >= 0.6 is 0 Å². The van der Waals surface area contributed by atoms with Crippen molar-refractivity contribution < 1.29 is 9.53 Å². The number of primary amides is 1. The fourth-order valence-corrected chi connectivity index (χ4v) is 2.55. The topological polar surface area (TPSA) is 81.6 Å². The van der Waals surface area contributed by atoms with E-state index in [1.54, 1.807) is 12.1 Å². The van der Waals surface area contributed by atoms with E-state index in [4.69, 9.17) is 16.2 Å². The van der Waals surface area contributed by atoms with Gasteiger partial charge >= 0.3 is 0 Å². The van der Waals surface area contributed by atoms with E-state index in [1.807, 2.05) is 13.0 Å². The van der Waals surface area contributed by atoms with Crippen molar-refractivity contribution >= 4 is 17.3 Å². The van der Waals surface area contributed by atoms with Crippen LogP contribution < -0.4 is 16.4 Å². The Balaban J connectivity index is 2.24. The van der Waals surface area contributed by atoms with Crippen LogP contribution in [0.3, 0.4) is 0 Å². The highest BCUT2D eigenvalue weighted by atomic mass is 16.5. The quantitative estimate of drug-likeness (QED) is 0.804. The molecule has 2 rings (SSSR count). The molecule has 1 aromatic rings. The molecule has 1 aliphatic rings. The van der Waals surface area contributed by atoms with Gasteiger partial charge in [0, 0.05) is 25.4 Å². The van der Waals surface area contributed by atoms with Crippen molar-refractivity contribution in [2.45, 2.75) is 25.9 Å². The molecule has 104 valence electrons. The van der Waals surface area contributed by atoms with Crippen LogP contribution in [0.5, 0.6) is 0 Å². The highest BCUT2D eigenvalue weighted by molar-refractivity contribution is 5.99. The zero-order valence-corrected chi connectivity index (χ0v) is 11.3. The van der Waals surface area contributed by atoms with Gasteiger partial charge in [-0.2, -0.15) is 0 Å². The molecule has 0 spiro atoms. The summed E-state index contributed by atoms with van der Waals surface area (Å²) < 4.78 is 5.68. The van der Waals surface area contributed by atoms with Crippen molar-refractivity contribution in [3.8, 4) is 0 Å². The Morgan fingerprint density at radius 3 is 3.00 bits per heavy atom. The highest BCUT2D eigenvalue weighted by Gasteiger charge is 2.23. The van der Waals surface area contributed by atoms with Crippen LogP contribution in [0.25, 0.3) is 0 Å². The second-order valence-corrected chi connectivity index (χ2v) is 4.81. The Hall–Kier alpha value is -1.75. The van der Waals surface area contributed by atoms with E-state index in [0.717, 1.165) is 31.6 Å². The molecule has 5 nitrogen and oxygen atoms in total. The van der Waals surface area contributed by atoms with Gasteiger partial charge in [0.15, 0.2) is 0 Å². The molecule has 1 unspecified atom stereocenters. The minimum absolute atomic E-state index is 0.209. The number of carbonyl (C=O) groups excluding carboxylic acids is 1. The Labute approximate surface area is 113 Å². The van der Waals surface area contributed by atoms with Crippen LogP contribution in [-0.2, 0) is 4.74 Å². The molecule has 1 heterocycles. The van der Waals surface area contributed by atoms with Crippen LogP contribution in [-0.4, -0.2) is 31.7 Å². The van der Waals surface area contributed by atoms with Crippen LogP contribution in [0.1, 0.15) is 30.1 Å². The average molecular weight is 263 g/mol. The summed E-state index contributed by atoms with van der Waals surface area (Å²) >= 11 is 0. The van der Waals surface area contributed by atoms with Crippen molar-refractivity contribution in [2.24, 2.45) is 5.73 Å². The summed E-state index contributed by atoms with van der Waals surface area (Å²) in [5, 5.41) is 0. The Morgan fingerprint density at radius 1 is 1.53 bits per heavy atom. The van der Waals surface area contributed by atoms with Crippen LogP contribution in [0.2, 0.25) is 0 Å². The van der Waals surface area contributed by atoms with E-state index in [9.17, 15) is 4.79 Å². The molecule has 1 aromatic carbocycles. The number of nitrogen functional groups attached to an aromatic ring is 1. The molecule has 0 aromatic heterocycles. The molecule has 4 N–H and O–H groups in total. The maximum absolute atomic E-state index is 11.5. The van der Waals surface area contributed by atoms with Gasteiger partial charge in [0.05, 0.1) is 17.4 Å². The number of piperidine rings is 1. The zero-order valence-electron chi connectivity index (χ0n) is 11.3. The van der Waals surface area contributed by atoms with E-state index >= 15 is 0 Å². The lowest BCUT2D eigenvalue weighted by atomic mass is 10.0. The summed E-state index contributed by atoms with van der Waals surface area (Å²) in [6.45, 7) is 4.37. The van der Waals surface area contributed by atoms with Gasteiger partial charge in [0.25, 0.3) is 5.91 Å². The molecular formula is C14H21N3O2. The van der Waals surface area contributed by atoms with Gasteiger partial charge in [0.1, 0.15) is 0 Å². The summed E-state index contributed by atoms with van der Waals surface area (Å²) in [4.78, 5) is 13.6. The SMILES string of the molecule is CCOC1CCCN(c2cc(N)ccc2C(N)=O)C1. The second kappa shape index (κ2) is 5.93. The fraction of sp³-hybridized carbons (Fsp3) is 0.500. The lowest BCUT2D eigenvalue weighted by molar-refractivity contribution is 0.0526. The number of carbonyl (C=O) groups is 1. The second-order valence-electron chi connectivity index (χ2n) is 4.81. The first kappa shape index (κ1) is 13.7. The largest absolute Gasteiger partial charge is 0.399 e. The average Bonchev–Trinajstić information content (AvgIpc) is 2.39. The van der Waals surface area contributed by atoms with Crippen LogP contribution in [0.15, 0.2) is 18.2 Å². The maximum Gasteiger partial charge on any atom is 0.250 e. The molecule has 1 amide bonds. The normalized spacial score (nSPS) is 19.4. The van der Waals surface area contributed by atoms with E-state index in [1.165, 1.54) is 0 Å². The summed E-state index contributed by atoms with van der Waals surface area (Å²) in [5.74, 6) is -0.423. The maximum atomic E-state index is 11.5. The minimum Gasteiger partial charge on any atom is -0.399 e. The number of amides is 1. The molecule has 0 saturated carbocycles. The highest BCUT2D eigenvalue weighted by Crippen LogP contribution is 2.27. The number of nitrogens with zero attached hydrogens (tertiary/aromatic N) is 1. The lowest BCUT2D eigenvalue weighted by Gasteiger charge is -2.35. The molecule has 1 fully saturated rings. The number of benzene rings is 1. The zero-order chi connectivity index (χ0) is 13.8. The Bertz CT molecular complexity index is 460. The molecule has 19 heavy (non-hydrogen) atoms. The third-order valence-corrected chi connectivity index (χ3v) is 3.41. The predicted octanol–water partition coefficient (Wildman–Crippen LogP) is 1.37. The molecule has 0 bridgehead atoms. The van der Waals surface area contributed by atoms with Crippen molar-refractivity contribution in [1.82, 2.24) is 0 Å². The fourth-order valence-electron chi connectivity index (χ4n) is 2.55. The Morgan fingerprint density at radius 2 is 2.32 bits per heavy atom. The molecule has 1 saturated heterocycles.